The Labute approximate surface area is 215 Å². The number of nitrogens with zero attached hydrogens (tertiary/aromatic N) is 2. The number of hydrogen-bond acceptors (Lipinski definition) is 8. The van der Waals surface area contributed by atoms with Gasteiger partial charge in [0.2, 0.25) is 0 Å². The van der Waals surface area contributed by atoms with Crippen molar-refractivity contribution >= 4 is 17.6 Å². The van der Waals surface area contributed by atoms with Crippen LogP contribution in [0.25, 0.3) is 0 Å². The molecule has 11 heteroatoms. The number of alkyl halides is 1. The third-order valence-corrected chi connectivity index (χ3v) is 6.16. The number of nitrogens with one attached hydrogen (secondary N) is 1. The molecular formula is C26H34FN3O7. The lowest BCUT2D eigenvalue weighted by molar-refractivity contribution is -0.159. The number of aromatic hydroxyl groups is 1. The van der Waals surface area contributed by atoms with Gasteiger partial charge in [-0.3, -0.25) is 4.90 Å². The Balaban J connectivity index is 0.000000568. The van der Waals surface area contributed by atoms with E-state index < -0.39 is 18.6 Å². The van der Waals surface area contributed by atoms with Crippen LogP contribution in [-0.4, -0.2) is 97.4 Å². The molecule has 10 nitrogen and oxygen atoms in total. The number of phenols is 1. The normalized spacial score (nSPS) is 17.1. The first kappa shape index (κ1) is 28.0. The number of carbonyl (C=O) groups is 2. The fraction of sp³-hybridized carbons (Fsp3) is 0.462. The first-order chi connectivity index (χ1) is 17.9. The molecule has 0 amide bonds. The van der Waals surface area contributed by atoms with Gasteiger partial charge < -0.3 is 35.0 Å². The molecule has 0 radical (unpaired) electrons. The number of phenolic OH excluding ortho intramolecular Hbond substituents is 1. The number of halogens is 1. The van der Waals surface area contributed by atoms with E-state index in [4.69, 9.17) is 29.3 Å². The molecule has 4 N–H and O–H groups in total. The van der Waals surface area contributed by atoms with Crippen molar-refractivity contribution in [2.45, 2.75) is 18.9 Å². The van der Waals surface area contributed by atoms with Crippen LogP contribution in [0, 0.1) is 0 Å². The van der Waals surface area contributed by atoms with Gasteiger partial charge in [-0.25, -0.2) is 14.0 Å². The number of aliphatic carboxylic acids is 2. The highest BCUT2D eigenvalue weighted by molar-refractivity contribution is 6.27. The predicted molar refractivity (Wildman–Crippen MR) is 136 cm³/mol. The van der Waals surface area contributed by atoms with Gasteiger partial charge in [0.1, 0.15) is 36.6 Å². The van der Waals surface area contributed by atoms with Gasteiger partial charge >= 0.3 is 11.9 Å². The standard InChI is InChI=1S/C24H32FN3O3.C2H2O4/c25-9-16-30-22-7-3-20(4-8-22)28-14-12-27(13-15-28)11-10-26-18-23-6-2-19-1-5-21(29)17-24(19)31-23;3-1(4)2(5)6/h1,3-5,7-8,17,23,26,29H,2,6,9-16,18H2;(H,3,4)(H,5,6)/t23-;/m1./s1. The Morgan fingerprint density at radius 1 is 1.05 bits per heavy atom. The molecule has 2 heterocycles. The summed E-state index contributed by atoms with van der Waals surface area (Å²) >= 11 is 0. The van der Waals surface area contributed by atoms with Crippen molar-refractivity contribution < 1.29 is 38.8 Å². The van der Waals surface area contributed by atoms with Crippen LogP contribution in [0.1, 0.15) is 12.0 Å². The number of benzene rings is 2. The van der Waals surface area contributed by atoms with E-state index in [9.17, 15) is 9.50 Å². The SMILES string of the molecule is O=C(O)C(=O)O.Oc1ccc2c(c1)O[C@@H](CNCCN1CCN(c3ccc(OCCF)cc3)CC1)CC2. The number of aryl methyl sites for hydroxylation is 1. The molecule has 0 spiro atoms. The highest BCUT2D eigenvalue weighted by Crippen LogP contribution is 2.30. The molecule has 0 unspecified atom stereocenters. The Hall–Kier alpha value is -3.57. The van der Waals surface area contributed by atoms with Gasteiger partial charge in [0.15, 0.2) is 0 Å². The molecule has 2 aliphatic rings. The van der Waals surface area contributed by atoms with E-state index in [-0.39, 0.29) is 18.5 Å². The topological polar surface area (TPSA) is 132 Å². The van der Waals surface area contributed by atoms with E-state index in [2.05, 4.69) is 15.1 Å². The number of ether oxygens (including phenoxy) is 2. The summed E-state index contributed by atoms with van der Waals surface area (Å²) in [6.45, 7) is 6.49. The van der Waals surface area contributed by atoms with Crippen molar-refractivity contribution in [1.29, 1.82) is 0 Å². The molecule has 1 saturated heterocycles. The minimum atomic E-state index is -1.82. The van der Waals surface area contributed by atoms with Gasteiger partial charge in [-0.15, -0.1) is 0 Å². The summed E-state index contributed by atoms with van der Waals surface area (Å²) in [6, 6.07) is 13.3. The zero-order valence-corrected chi connectivity index (χ0v) is 20.6. The van der Waals surface area contributed by atoms with Gasteiger partial charge in [0, 0.05) is 57.6 Å². The summed E-state index contributed by atoms with van der Waals surface area (Å²) in [5.74, 6) is -1.86. The van der Waals surface area contributed by atoms with Crippen LogP contribution in [0.4, 0.5) is 10.1 Å². The molecule has 0 saturated carbocycles. The van der Waals surface area contributed by atoms with E-state index in [1.54, 1.807) is 12.1 Å². The first-order valence-corrected chi connectivity index (χ1v) is 12.3. The van der Waals surface area contributed by atoms with Crippen LogP contribution in [0.5, 0.6) is 17.2 Å². The fourth-order valence-electron chi connectivity index (χ4n) is 4.20. The van der Waals surface area contributed by atoms with E-state index in [1.165, 1.54) is 11.3 Å². The lowest BCUT2D eigenvalue weighted by Crippen LogP contribution is -2.48. The van der Waals surface area contributed by atoms with Gasteiger partial charge in [-0.2, -0.15) is 0 Å². The molecule has 2 aromatic carbocycles. The van der Waals surface area contributed by atoms with E-state index in [0.717, 1.165) is 64.4 Å². The van der Waals surface area contributed by atoms with Gasteiger partial charge in [0.05, 0.1) is 0 Å². The number of carboxylic acids is 2. The number of fused-ring (bicyclic) bond motifs is 1. The van der Waals surface area contributed by atoms with E-state index >= 15 is 0 Å². The maximum Gasteiger partial charge on any atom is 0.414 e. The summed E-state index contributed by atoms with van der Waals surface area (Å²) in [4.78, 5) is 23.1. The van der Waals surface area contributed by atoms with Crippen LogP contribution in [0.15, 0.2) is 42.5 Å². The number of rotatable bonds is 9. The van der Waals surface area contributed by atoms with E-state index in [1.807, 2.05) is 30.3 Å². The summed E-state index contributed by atoms with van der Waals surface area (Å²) in [5, 5.41) is 28.0. The monoisotopic (exact) mass is 519 g/mol. The van der Waals surface area contributed by atoms with Crippen molar-refractivity contribution in [3.8, 4) is 17.2 Å². The Bertz CT molecular complexity index is 1000. The largest absolute Gasteiger partial charge is 0.508 e. The average molecular weight is 520 g/mol. The quantitative estimate of drug-likeness (QED) is 0.288. The molecule has 2 aliphatic heterocycles. The van der Waals surface area contributed by atoms with E-state index in [0.29, 0.717) is 5.75 Å². The highest BCUT2D eigenvalue weighted by atomic mass is 19.1. The zero-order valence-electron chi connectivity index (χ0n) is 20.6. The van der Waals surface area contributed by atoms with Crippen LogP contribution in [-0.2, 0) is 16.0 Å². The minimum absolute atomic E-state index is 0.107. The third-order valence-electron chi connectivity index (χ3n) is 6.16. The summed E-state index contributed by atoms with van der Waals surface area (Å²) in [7, 11) is 0. The second kappa shape index (κ2) is 14.2. The molecule has 1 atom stereocenters. The molecule has 37 heavy (non-hydrogen) atoms. The molecule has 0 bridgehead atoms. The predicted octanol–water partition coefficient (Wildman–Crippen LogP) is 2.00. The fourth-order valence-corrected chi connectivity index (χ4v) is 4.20. The highest BCUT2D eigenvalue weighted by Gasteiger charge is 2.20. The minimum Gasteiger partial charge on any atom is -0.508 e. The Morgan fingerprint density at radius 3 is 2.41 bits per heavy atom. The third kappa shape index (κ3) is 9.10. The molecular weight excluding hydrogens is 485 g/mol. The Morgan fingerprint density at radius 2 is 1.76 bits per heavy atom. The lowest BCUT2D eigenvalue weighted by Gasteiger charge is -2.36. The molecule has 0 aliphatic carbocycles. The average Bonchev–Trinajstić information content (AvgIpc) is 2.90. The summed E-state index contributed by atoms with van der Waals surface area (Å²) < 4.78 is 23.5. The number of anilines is 1. The first-order valence-electron chi connectivity index (χ1n) is 12.3. The van der Waals surface area contributed by atoms with Crippen molar-refractivity contribution in [3.05, 3.63) is 48.0 Å². The maximum atomic E-state index is 12.2. The van der Waals surface area contributed by atoms with Crippen molar-refractivity contribution in [3.63, 3.8) is 0 Å². The maximum absolute atomic E-state index is 12.2. The molecule has 0 aromatic heterocycles. The summed E-state index contributed by atoms with van der Waals surface area (Å²) in [5.41, 5.74) is 2.36. The number of piperazine rings is 1. The molecule has 4 rings (SSSR count). The van der Waals surface area contributed by atoms with Crippen molar-refractivity contribution in [1.82, 2.24) is 10.2 Å². The van der Waals surface area contributed by atoms with Crippen LogP contribution in [0.3, 0.4) is 0 Å². The number of carboxylic acid groups (broad SMARTS) is 2. The summed E-state index contributed by atoms with van der Waals surface area (Å²) in [6.07, 6.45) is 2.15. The van der Waals surface area contributed by atoms with Crippen molar-refractivity contribution in [2.24, 2.45) is 0 Å². The van der Waals surface area contributed by atoms with Crippen LogP contribution < -0.4 is 19.7 Å². The van der Waals surface area contributed by atoms with Crippen LogP contribution in [0.2, 0.25) is 0 Å². The zero-order chi connectivity index (χ0) is 26.6. The molecule has 202 valence electrons. The molecule has 2 aromatic rings. The van der Waals surface area contributed by atoms with Gasteiger partial charge in [0.25, 0.3) is 0 Å². The smallest absolute Gasteiger partial charge is 0.414 e. The number of hydrogen-bond donors (Lipinski definition) is 4. The second-order valence-electron chi connectivity index (χ2n) is 8.75. The van der Waals surface area contributed by atoms with Gasteiger partial charge in [-0.05, 0) is 48.7 Å². The molecule has 1 fully saturated rings. The van der Waals surface area contributed by atoms with Crippen LogP contribution >= 0.6 is 0 Å². The Kier molecular flexibility index (Phi) is 10.8. The second-order valence-corrected chi connectivity index (χ2v) is 8.75. The van der Waals surface area contributed by atoms with Gasteiger partial charge in [-0.1, -0.05) is 6.07 Å². The lowest BCUT2D eigenvalue weighted by atomic mass is 10.0. The van der Waals surface area contributed by atoms with Crippen molar-refractivity contribution in [2.75, 3.05) is 64.0 Å².